The van der Waals surface area contributed by atoms with E-state index in [4.69, 9.17) is 4.74 Å². The Hall–Kier alpha value is -0.830. The maximum Gasteiger partial charge on any atom is 0.340 e. The molecular formula is C9H7BrO2. The second kappa shape index (κ2) is 2.59. The summed E-state index contributed by atoms with van der Waals surface area (Å²) in [5.74, 6) is -0.244. The molecular weight excluding hydrogens is 220 g/mol. The van der Waals surface area contributed by atoms with Crippen LogP contribution in [0.5, 0.6) is 0 Å². The smallest absolute Gasteiger partial charge is 0.340 e. The highest BCUT2D eigenvalue weighted by Crippen LogP contribution is 2.35. The molecule has 0 saturated carbocycles. The number of alkyl halides is 1. The van der Waals surface area contributed by atoms with E-state index in [9.17, 15) is 4.79 Å². The summed E-state index contributed by atoms with van der Waals surface area (Å²) >= 11 is 3.27. The van der Waals surface area contributed by atoms with Crippen molar-refractivity contribution in [2.24, 2.45) is 0 Å². The summed E-state index contributed by atoms with van der Waals surface area (Å²) in [5, 5.41) is -0.264. The van der Waals surface area contributed by atoms with Gasteiger partial charge in [0.05, 0.1) is 5.56 Å². The van der Waals surface area contributed by atoms with Crippen LogP contribution in [0.25, 0.3) is 0 Å². The zero-order valence-electron chi connectivity index (χ0n) is 6.50. The predicted octanol–water partition coefficient (Wildman–Crippen LogP) is 2.56. The first kappa shape index (κ1) is 7.80. The second-order valence-corrected chi connectivity index (χ2v) is 3.64. The van der Waals surface area contributed by atoms with E-state index >= 15 is 0 Å². The number of hydrogen-bond donors (Lipinski definition) is 0. The predicted molar refractivity (Wildman–Crippen MR) is 48.3 cm³/mol. The molecule has 1 atom stereocenters. The minimum atomic E-state index is -0.264. The molecule has 0 aromatic heterocycles. The fourth-order valence-corrected chi connectivity index (χ4v) is 1.83. The number of fused-ring (bicyclic) bond motifs is 1. The van der Waals surface area contributed by atoms with E-state index in [1.807, 2.05) is 19.1 Å². The molecule has 1 aliphatic rings. The summed E-state index contributed by atoms with van der Waals surface area (Å²) in [6.45, 7) is 1.99. The Morgan fingerprint density at radius 3 is 3.00 bits per heavy atom. The number of halogens is 1. The summed E-state index contributed by atoms with van der Waals surface area (Å²) in [4.78, 5) is 11.1. The molecule has 12 heavy (non-hydrogen) atoms. The molecule has 1 aliphatic heterocycles. The number of cyclic esters (lactones) is 1. The van der Waals surface area contributed by atoms with Crippen molar-refractivity contribution in [3.8, 4) is 0 Å². The lowest BCUT2D eigenvalue weighted by atomic mass is 10.1. The third-order valence-corrected chi connectivity index (χ3v) is 2.56. The molecule has 1 unspecified atom stereocenters. The summed E-state index contributed by atoms with van der Waals surface area (Å²) in [5.41, 5.74) is 2.74. The van der Waals surface area contributed by atoms with Crippen LogP contribution in [0.3, 0.4) is 0 Å². The van der Waals surface area contributed by atoms with Crippen LogP contribution < -0.4 is 0 Å². The maximum atomic E-state index is 11.1. The Kier molecular flexibility index (Phi) is 1.68. The van der Waals surface area contributed by atoms with Gasteiger partial charge in [0, 0.05) is 5.56 Å². The first-order valence-electron chi connectivity index (χ1n) is 3.64. The maximum absolute atomic E-state index is 11.1. The lowest BCUT2D eigenvalue weighted by molar-refractivity contribution is 0.0530. The van der Waals surface area contributed by atoms with Crippen molar-refractivity contribution in [3.63, 3.8) is 0 Å². The third kappa shape index (κ3) is 1.05. The van der Waals surface area contributed by atoms with Crippen molar-refractivity contribution >= 4 is 21.9 Å². The summed E-state index contributed by atoms with van der Waals surface area (Å²) in [7, 11) is 0. The van der Waals surface area contributed by atoms with Crippen LogP contribution in [0, 0.1) is 6.92 Å². The van der Waals surface area contributed by atoms with Crippen LogP contribution in [-0.2, 0) is 4.74 Å². The van der Waals surface area contributed by atoms with Gasteiger partial charge in [-0.05, 0) is 28.9 Å². The van der Waals surface area contributed by atoms with E-state index in [0.29, 0.717) is 5.56 Å². The topological polar surface area (TPSA) is 26.3 Å². The Bertz CT molecular complexity index is 346. The number of ether oxygens (including phenoxy) is 1. The van der Waals surface area contributed by atoms with Crippen molar-refractivity contribution in [2.75, 3.05) is 0 Å². The van der Waals surface area contributed by atoms with Gasteiger partial charge in [-0.15, -0.1) is 0 Å². The molecule has 0 N–H and O–H groups in total. The average molecular weight is 227 g/mol. The molecule has 0 aliphatic carbocycles. The Morgan fingerprint density at radius 2 is 2.25 bits per heavy atom. The van der Waals surface area contributed by atoms with Crippen molar-refractivity contribution in [2.45, 2.75) is 11.9 Å². The largest absolute Gasteiger partial charge is 0.442 e. The van der Waals surface area contributed by atoms with Crippen LogP contribution in [0.4, 0.5) is 0 Å². The molecule has 62 valence electrons. The molecule has 0 amide bonds. The molecule has 0 radical (unpaired) electrons. The average Bonchev–Trinajstić information content (AvgIpc) is 2.28. The van der Waals surface area contributed by atoms with Gasteiger partial charge in [-0.3, -0.25) is 0 Å². The number of rotatable bonds is 0. The van der Waals surface area contributed by atoms with Gasteiger partial charge in [-0.2, -0.15) is 0 Å². The van der Waals surface area contributed by atoms with E-state index in [2.05, 4.69) is 15.9 Å². The molecule has 3 heteroatoms. The molecule has 0 saturated heterocycles. The monoisotopic (exact) mass is 226 g/mol. The molecule has 2 rings (SSSR count). The minimum absolute atomic E-state index is 0.244. The van der Waals surface area contributed by atoms with Crippen LogP contribution >= 0.6 is 15.9 Å². The molecule has 1 aromatic carbocycles. The zero-order chi connectivity index (χ0) is 8.72. The number of carbonyl (C=O) groups is 1. The minimum Gasteiger partial charge on any atom is -0.442 e. The first-order valence-corrected chi connectivity index (χ1v) is 4.55. The van der Waals surface area contributed by atoms with E-state index in [1.54, 1.807) is 6.07 Å². The lowest BCUT2D eigenvalue weighted by Crippen LogP contribution is -1.93. The normalized spacial score (nSPS) is 20.5. The molecule has 0 fully saturated rings. The highest BCUT2D eigenvalue weighted by molar-refractivity contribution is 9.09. The fourth-order valence-electron chi connectivity index (χ4n) is 1.28. The Balaban J connectivity index is 2.60. The number of esters is 1. The van der Waals surface area contributed by atoms with Crippen molar-refractivity contribution in [3.05, 3.63) is 34.9 Å². The lowest BCUT2D eigenvalue weighted by Gasteiger charge is -2.00. The van der Waals surface area contributed by atoms with E-state index in [1.165, 1.54) is 0 Å². The SMILES string of the molecule is Cc1ccc2c(c1)C(Br)OC2=O. The summed E-state index contributed by atoms with van der Waals surface area (Å²) in [6, 6.07) is 5.67. The summed E-state index contributed by atoms with van der Waals surface area (Å²) < 4.78 is 4.96. The Labute approximate surface area is 78.7 Å². The van der Waals surface area contributed by atoms with E-state index < -0.39 is 0 Å². The zero-order valence-corrected chi connectivity index (χ0v) is 8.09. The van der Waals surface area contributed by atoms with Gasteiger partial charge in [-0.1, -0.05) is 17.7 Å². The third-order valence-electron chi connectivity index (χ3n) is 1.88. The fraction of sp³-hybridized carbons (Fsp3) is 0.222. The van der Waals surface area contributed by atoms with E-state index in [-0.39, 0.29) is 11.0 Å². The van der Waals surface area contributed by atoms with Crippen LogP contribution in [0.2, 0.25) is 0 Å². The van der Waals surface area contributed by atoms with Gasteiger partial charge >= 0.3 is 5.97 Å². The van der Waals surface area contributed by atoms with Crippen molar-refractivity contribution in [1.82, 2.24) is 0 Å². The standard InChI is InChI=1S/C9H7BrO2/c1-5-2-3-6-7(4-5)8(10)12-9(6)11/h2-4,8H,1H3. The van der Waals surface area contributed by atoms with E-state index in [0.717, 1.165) is 11.1 Å². The van der Waals surface area contributed by atoms with Gasteiger partial charge < -0.3 is 4.74 Å². The van der Waals surface area contributed by atoms with Gasteiger partial charge in [-0.25, -0.2) is 4.79 Å². The highest BCUT2D eigenvalue weighted by Gasteiger charge is 2.28. The number of aryl methyl sites for hydroxylation is 1. The molecule has 2 nitrogen and oxygen atoms in total. The first-order chi connectivity index (χ1) is 5.68. The van der Waals surface area contributed by atoms with Crippen LogP contribution in [0.1, 0.15) is 26.5 Å². The second-order valence-electron chi connectivity index (χ2n) is 2.81. The number of benzene rings is 1. The summed E-state index contributed by atoms with van der Waals surface area (Å²) in [6.07, 6.45) is 0. The molecule has 1 aromatic rings. The molecule has 1 heterocycles. The van der Waals surface area contributed by atoms with Gasteiger partial charge in [0.25, 0.3) is 0 Å². The molecule has 0 spiro atoms. The Morgan fingerprint density at radius 1 is 1.50 bits per heavy atom. The highest BCUT2D eigenvalue weighted by atomic mass is 79.9. The van der Waals surface area contributed by atoms with Gasteiger partial charge in [0.1, 0.15) is 0 Å². The van der Waals surface area contributed by atoms with Gasteiger partial charge in [0.15, 0.2) is 5.01 Å². The number of carbonyl (C=O) groups excluding carboxylic acids is 1. The number of hydrogen-bond acceptors (Lipinski definition) is 2. The van der Waals surface area contributed by atoms with Crippen molar-refractivity contribution < 1.29 is 9.53 Å². The van der Waals surface area contributed by atoms with Crippen LogP contribution in [0.15, 0.2) is 18.2 Å². The van der Waals surface area contributed by atoms with Crippen molar-refractivity contribution in [1.29, 1.82) is 0 Å². The van der Waals surface area contributed by atoms with Gasteiger partial charge in [0.2, 0.25) is 0 Å². The quantitative estimate of drug-likeness (QED) is 0.502. The van der Waals surface area contributed by atoms with Crippen LogP contribution in [-0.4, -0.2) is 5.97 Å². The molecule has 0 bridgehead atoms.